The highest BCUT2D eigenvalue weighted by molar-refractivity contribution is 5.85. The van der Waals surface area contributed by atoms with Gasteiger partial charge in [-0.15, -0.1) is 12.4 Å². The van der Waals surface area contributed by atoms with Crippen LogP contribution in [-0.2, 0) is 4.79 Å². The number of nitrogens with two attached hydrogens (primary N) is 2. The van der Waals surface area contributed by atoms with Crippen LogP contribution in [0.4, 0.5) is 0 Å². The predicted octanol–water partition coefficient (Wildman–Crippen LogP) is 0.731. The van der Waals surface area contributed by atoms with Crippen LogP contribution >= 0.6 is 12.4 Å². The Balaban J connectivity index is 0.00000144. The van der Waals surface area contributed by atoms with Gasteiger partial charge in [0.2, 0.25) is 5.91 Å². The highest BCUT2D eigenvalue weighted by atomic mass is 35.5. The van der Waals surface area contributed by atoms with Gasteiger partial charge in [-0.2, -0.15) is 0 Å². The molecule has 17 heavy (non-hydrogen) atoms. The van der Waals surface area contributed by atoms with E-state index in [1.807, 2.05) is 13.8 Å². The monoisotopic (exact) mass is 261 g/mol. The van der Waals surface area contributed by atoms with Crippen molar-refractivity contribution in [1.82, 2.24) is 4.90 Å². The summed E-state index contributed by atoms with van der Waals surface area (Å²) in [5, 5.41) is 0. The van der Waals surface area contributed by atoms with E-state index >= 15 is 0 Å². The second-order valence-corrected chi connectivity index (χ2v) is 6.12. The molecule has 0 radical (unpaired) electrons. The summed E-state index contributed by atoms with van der Waals surface area (Å²) in [6.45, 7) is 5.75. The van der Waals surface area contributed by atoms with E-state index in [2.05, 4.69) is 4.90 Å². The molecular weight excluding hydrogens is 238 g/mol. The summed E-state index contributed by atoms with van der Waals surface area (Å²) >= 11 is 0. The highest BCUT2D eigenvalue weighted by Gasteiger charge is 2.47. The van der Waals surface area contributed by atoms with Crippen LogP contribution in [0.1, 0.15) is 33.1 Å². The lowest BCUT2D eigenvalue weighted by Gasteiger charge is -2.31. The van der Waals surface area contributed by atoms with Gasteiger partial charge in [0.1, 0.15) is 0 Å². The summed E-state index contributed by atoms with van der Waals surface area (Å²) in [4.78, 5) is 13.8. The summed E-state index contributed by atoms with van der Waals surface area (Å²) < 4.78 is 0. The first-order valence-corrected chi connectivity index (χ1v) is 6.21. The standard InChI is InChI=1S/C12H23N3O.ClH/c1-12(2,14)7-15-6-8-4-3-5-9(8)10(15)11(13)16;/h8-10H,3-7,14H2,1-2H3,(H2,13,16);1H. The molecule has 0 aromatic carbocycles. The first kappa shape index (κ1) is 14.7. The molecule has 0 aromatic heterocycles. The van der Waals surface area contributed by atoms with E-state index in [0.717, 1.165) is 19.5 Å². The molecule has 1 aliphatic carbocycles. The first-order chi connectivity index (χ1) is 7.38. The van der Waals surface area contributed by atoms with E-state index in [1.54, 1.807) is 0 Å². The fourth-order valence-electron chi connectivity index (χ4n) is 3.47. The van der Waals surface area contributed by atoms with Crippen LogP contribution in [0.25, 0.3) is 0 Å². The van der Waals surface area contributed by atoms with Gasteiger partial charge in [-0.1, -0.05) is 6.42 Å². The van der Waals surface area contributed by atoms with Crippen LogP contribution in [0.5, 0.6) is 0 Å². The Hall–Kier alpha value is -0.320. The summed E-state index contributed by atoms with van der Waals surface area (Å²) in [5.74, 6) is 0.985. The number of amides is 1. The molecule has 1 amide bonds. The Morgan fingerprint density at radius 1 is 1.41 bits per heavy atom. The minimum atomic E-state index is -0.258. The van der Waals surface area contributed by atoms with Crippen LogP contribution < -0.4 is 11.5 Å². The number of carbonyl (C=O) groups is 1. The van der Waals surface area contributed by atoms with E-state index in [9.17, 15) is 4.79 Å². The fourth-order valence-corrected chi connectivity index (χ4v) is 3.47. The number of rotatable bonds is 3. The maximum absolute atomic E-state index is 11.6. The van der Waals surface area contributed by atoms with Crippen molar-refractivity contribution in [3.8, 4) is 0 Å². The average Bonchev–Trinajstić information content (AvgIpc) is 2.58. The van der Waals surface area contributed by atoms with Crippen molar-refractivity contribution in [2.24, 2.45) is 23.3 Å². The molecule has 2 rings (SSSR count). The van der Waals surface area contributed by atoms with E-state index in [-0.39, 0.29) is 29.9 Å². The van der Waals surface area contributed by atoms with Crippen molar-refractivity contribution in [2.45, 2.75) is 44.7 Å². The molecule has 3 atom stereocenters. The van der Waals surface area contributed by atoms with Gasteiger partial charge in [0.25, 0.3) is 0 Å². The lowest BCUT2D eigenvalue weighted by atomic mass is 9.93. The van der Waals surface area contributed by atoms with Gasteiger partial charge >= 0.3 is 0 Å². The van der Waals surface area contributed by atoms with Gasteiger partial charge in [0.05, 0.1) is 6.04 Å². The minimum absolute atomic E-state index is 0. The smallest absolute Gasteiger partial charge is 0.235 e. The zero-order valence-corrected chi connectivity index (χ0v) is 11.5. The number of likely N-dealkylation sites (tertiary alicyclic amines) is 1. The third-order valence-corrected chi connectivity index (χ3v) is 3.89. The van der Waals surface area contributed by atoms with Crippen molar-refractivity contribution in [3.05, 3.63) is 0 Å². The normalized spacial score (nSPS) is 33.2. The van der Waals surface area contributed by atoms with Crippen molar-refractivity contribution in [2.75, 3.05) is 13.1 Å². The summed E-state index contributed by atoms with van der Waals surface area (Å²) in [5.41, 5.74) is 11.3. The molecule has 1 saturated carbocycles. The van der Waals surface area contributed by atoms with Crippen LogP contribution in [0, 0.1) is 11.8 Å². The molecule has 1 saturated heterocycles. The van der Waals surface area contributed by atoms with Gasteiger partial charge < -0.3 is 11.5 Å². The Morgan fingerprint density at radius 3 is 2.59 bits per heavy atom. The maximum Gasteiger partial charge on any atom is 0.235 e. The Morgan fingerprint density at radius 2 is 2.06 bits per heavy atom. The molecule has 3 unspecified atom stereocenters. The van der Waals surface area contributed by atoms with E-state index in [1.165, 1.54) is 12.8 Å². The number of halogens is 1. The molecular formula is C12H24ClN3O. The number of carbonyl (C=O) groups excluding carboxylic acids is 1. The third kappa shape index (κ3) is 3.12. The Bertz CT molecular complexity index is 290. The van der Waals surface area contributed by atoms with Gasteiger partial charge in [-0.25, -0.2) is 0 Å². The van der Waals surface area contributed by atoms with Crippen molar-refractivity contribution in [1.29, 1.82) is 0 Å². The topological polar surface area (TPSA) is 72.3 Å². The summed E-state index contributed by atoms with van der Waals surface area (Å²) in [6.07, 6.45) is 3.65. The van der Waals surface area contributed by atoms with Crippen LogP contribution in [-0.4, -0.2) is 35.5 Å². The third-order valence-electron chi connectivity index (χ3n) is 3.89. The summed E-state index contributed by atoms with van der Waals surface area (Å²) in [7, 11) is 0. The van der Waals surface area contributed by atoms with Gasteiger partial charge in [-0.3, -0.25) is 9.69 Å². The molecule has 0 bridgehead atoms. The quantitative estimate of drug-likeness (QED) is 0.787. The van der Waals surface area contributed by atoms with Gasteiger partial charge in [0, 0.05) is 18.6 Å². The Kier molecular flexibility index (Phi) is 4.44. The molecule has 0 spiro atoms. The minimum Gasteiger partial charge on any atom is -0.368 e. The molecule has 4 nitrogen and oxygen atoms in total. The van der Waals surface area contributed by atoms with Crippen LogP contribution in [0.15, 0.2) is 0 Å². The van der Waals surface area contributed by atoms with E-state index in [4.69, 9.17) is 11.5 Å². The lowest BCUT2D eigenvalue weighted by Crippen LogP contribution is -2.51. The van der Waals surface area contributed by atoms with E-state index < -0.39 is 0 Å². The van der Waals surface area contributed by atoms with Crippen LogP contribution in [0.2, 0.25) is 0 Å². The van der Waals surface area contributed by atoms with Crippen molar-refractivity contribution < 1.29 is 4.79 Å². The number of hydrogen-bond donors (Lipinski definition) is 2. The second kappa shape index (κ2) is 5.12. The number of fused-ring (bicyclic) bond motifs is 1. The fraction of sp³-hybridized carbons (Fsp3) is 0.917. The first-order valence-electron chi connectivity index (χ1n) is 6.21. The molecule has 4 N–H and O–H groups in total. The molecule has 2 aliphatic rings. The number of hydrogen-bond acceptors (Lipinski definition) is 3. The maximum atomic E-state index is 11.6. The van der Waals surface area contributed by atoms with Gasteiger partial charge in [-0.05, 0) is 38.5 Å². The van der Waals surface area contributed by atoms with Crippen molar-refractivity contribution in [3.63, 3.8) is 0 Å². The highest BCUT2D eigenvalue weighted by Crippen LogP contribution is 2.42. The molecule has 2 fully saturated rings. The lowest BCUT2D eigenvalue weighted by molar-refractivity contribution is -0.123. The van der Waals surface area contributed by atoms with Crippen molar-refractivity contribution >= 4 is 18.3 Å². The molecule has 100 valence electrons. The largest absolute Gasteiger partial charge is 0.368 e. The van der Waals surface area contributed by atoms with Crippen LogP contribution in [0.3, 0.4) is 0 Å². The van der Waals surface area contributed by atoms with E-state index in [0.29, 0.717) is 11.8 Å². The van der Waals surface area contributed by atoms with Gasteiger partial charge in [0.15, 0.2) is 0 Å². The Labute approximate surface area is 109 Å². The predicted molar refractivity (Wildman–Crippen MR) is 70.9 cm³/mol. The average molecular weight is 262 g/mol. The molecule has 0 aromatic rings. The number of primary amides is 1. The molecule has 5 heteroatoms. The SMILES string of the molecule is CC(C)(N)CN1CC2CCCC2C1C(N)=O.Cl. The second-order valence-electron chi connectivity index (χ2n) is 6.12. The molecule has 1 aliphatic heterocycles. The number of nitrogens with zero attached hydrogens (tertiary/aromatic N) is 1. The zero-order chi connectivity index (χ0) is 11.9. The molecule has 1 heterocycles. The summed E-state index contributed by atoms with van der Waals surface area (Å²) in [6, 6.07) is -0.0738. The zero-order valence-electron chi connectivity index (χ0n) is 10.7.